The second-order valence-corrected chi connectivity index (χ2v) is 9.11. The summed E-state index contributed by atoms with van der Waals surface area (Å²) in [4.78, 5) is 12.4. The summed E-state index contributed by atoms with van der Waals surface area (Å²) in [6.45, 7) is 4.29. The number of anilines is 1. The molecule has 1 saturated heterocycles. The number of nitrogens with one attached hydrogen (secondary N) is 1. The van der Waals surface area contributed by atoms with Gasteiger partial charge in [-0.25, -0.2) is 14.4 Å². The van der Waals surface area contributed by atoms with Crippen molar-refractivity contribution in [1.29, 1.82) is 0 Å². The predicted molar refractivity (Wildman–Crippen MR) is 128 cm³/mol. The lowest BCUT2D eigenvalue weighted by Crippen LogP contribution is -2.43. The van der Waals surface area contributed by atoms with Gasteiger partial charge in [0.05, 0.1) is 5.39 Å². The predicted octanol–water partition coefficient (Wildman–Crippen LogP) is 5.27. The number of aryl methyl sites for hydroxylation is 1. The Hall–Kier alpha value is -3.03. The van der Waals surface area contributed by atoms with Crippen LogP contribution in [0.4, 0.5) is 10.2 Å². The fourth-order valence-electron chi connectivity index (χ4n) is 4.39. The van der Waals surface area contributed by atoms with Crippen molar-refractivity contribution in [1.82, 2.24) is 15.3 Å². The molecular weight excluding hydrogens is 423 g/mol. The zero-order valence-electron chi connectivity index (χ0n) is 17.9. The van der Waals surface area contributed by atoms with Crippen molar-refractivity contribution in [2.75, 3.05) is 18.0 Å². The van der Waals surface area contributed by atoms with Gasteiger partial charge in [-0.1, -0.05) is 42.0 Å². The van der Waals surface area contributed by atoms with E-state index in [-0.39, 0.29) is 11.8 Å². The van der Waals surface area contributed by atoms with E-state index in [1.165, 1.54) is 11.6 Å². The Morgan fingerprint density at radius 1 is 1.12 bits per heavy atom. The molecule has 0 amide bonds. The highest BCUT2D eigenvalue weighted by atomic mass is 32.1. The summed E-state index contributed by atoms with van der Waals surface area (Å²) < 4.78 is 14.1. The van der Waals surface area contributed by atoms with Crippen LogP contribution in [0.3, 0.4) is 0 Å². The molecule has 7 heteroatoms. The van der Waals surface area contributed by atoms with Crippen LogP contribution in [0.25, 0.3) is 21.3 Å². The number of hydrogen-bond donors (Lipinski definition) is 2. The summed E-state index contributed by atoms with van der Waals surface area (Å²) in [7, 11) is 0. The highest BCUT2D eigenvalue weighted by Crippen LogP contribution is 2.40. The van der Waals surface area contributed by atoms with E-state index in [1.807, 2.05) is 0 Å². The number of halogens is 1. The molecule has 0 radical (unpaired) electrons. The smallest absolute Gasteiger partial charge is 0.165 e. The van der Waals surface area contributed by atoms with Crippen LogP contribution in [0.15, 0.2) is 54.2 Å². The van der Waals surface area contributed by atoms with Gasteiger partial charge < -0.3 is 15.3 Å². The molecule has 2 N–H and O–H groups in total. The van der Waals surface area contributed by atoms with Crippen molar-refractivity contribution in [3.05, 3.63) is 71.1 Å². The molecule has 0 bridgehead atoms. The number of rotatable bonds is 5. The van der Waals surface area contributed by atoms with Crippen LogP contribution in [0, 0.1) is 12.7 Å². The number of piperidine rings is 1. The molecule has 5 nitrogen and oxygen atoms in total. The van der Waals surface area contributed by atoms with E-state index in [0.29, 0.717) is 12.1 Å². The molecule has 32 heavy (non-hydrogen) atoms. The third-order valence-corrected chi connectivity index (χ3v) is 7.03. The molecule has 2 aromatic heterocycles. The van der Waals surface area contributed by atoms with Crippen LogP contribution < -0.4 is 10.2 Å². The average Bonchev–Trinajstić information content (AvgIpc) is 3.26. The molecule has 4 aromatic rings. The lowest BCUT2D eigenvalue weighted by atomic mass is 10.0. The van der Waals surface area contributed by atoms with Crippen molar-refractivity contribution < 1.29 is 9.50 Å². The van der Waals surface area contributed by atoms with Gasteiger partial charge in [0.25, 0.3) is 0 Å². The Bertz CT molecular complexity index is 1230. The van der Waals surface area contributed by atoms with Crippen molar-refractivity contribution in [3.63, 3.8) is 0 Å². The van der Waals surface area contributed by atoms with Crippen molar-refractivity contribution in [3.8, 4) is 16.9 Å². The van der Waals surface area contributed by atoms with E-state index >= 15 is 0 Å². The van der Waals surface area contributed by atoms with Crippen molar-refractivity contribution >= 4 is 27.4 Å². The van der Waals surface area contributed by atoms with Crippen LogP contribution in [0.2, 0.25) is 0 Å². The number of aromatic hydroxyl groups is 1. The van der Waals surface area contributed by atoms with Crippen LogP contribution in [0.5, 0.6) is 5.75 Å². The minimum atomic E-state index is -0.600. The van der Waals surface area contributed by atoms with Gasteiger partial charge in [0.1, 0.15) is 17.0 Å². The summed E-state index contributed by atoms with van der Waals surface area (Å²) in [5.41, 5.74) is 3.99. The maximum Gasteiger partial charge on any atom is 0.165 e. The molecule has 1 aliphatic heterocycles. The first-order valence-electron chi connectivity index (χ1n) is 10.8. The van der Waals surface area contributed by atoms with Crippen molar-refractivity contribution in [2.45, 2.75) is 32.4 Å². The topological polar surface area (TPSA) is 61.3 Å². The fraction of sp³-hybridized carbons (Fsp3) is 0.280. The standard InChI is InChI=1S/C25H25FN4OS/c1-16-5-7-17(8-6-16)20-14-32-25-22(20)24(28-15-29-25)30(19-9-11-27-12-10-19)13-18-3-2-4-21(26)23(18)31/h2-8,14-15,19,27,31H,9-13H2,1H3. The summed E-state index contributed by atoms with van der Waals surface area (Å²) >= 11 is 1.60. The molecule has 5 rings (SSSR count). The van der Waals surface area contributed by atoms with Gasteiger partial charge in [0.2, 0.25) is 0 Å². The van der Waals surface area contributed by atoms with Crippen LogP contribution in [0.1, 0.15) is 24.0 Å². The van der Waals surface area contributed by atoms with E-state index in [0.717, 1.165) is 53.1 Å². The van der Waals surface area contributed by atoms with Crippen LogP contribution in [-0.4, -0.2) is 34.2 Å². The van der Waals surface area contributed by atoms with E-state index in [2.05, 4.69) is 51.8 Å². The Balaban J connectivity index is 1.65. The van der Waals surface area contributed by atoms with Crippen LogP contribution >= 0.6 is 11.3 Å². The highest BCUT2D eigenvalue weighted by molar-refractivity contribution is 7.17. The molecule has 1 fully saturated rings. The first kappa shape index (κ1) is 20.8. The van der Waals surface area contributed by atoms with Crippen LogP contribution in [-0.2, 0) is 6.54 Å². The average molecular weight is 449 g/mol. The number of fused-ring (bicyclic) bond motifs is 1. The third-order valence-electron chi connectivity index (χ3n) is 6.15. The molecule has 3 heterocycles. The second kappa shape index (κ2) is 8.84. The lowest BCUT2D eigenvalue weighted by molar-refractivity contribution is 0.409. The normalized spacial score (nSPS) is 14.7. The van der Waals surface area contributed by atoms with Gasteiger partial charge in [-0.2, -0.15) is 0 Å². The number of para-hydroxylation sites is 1. The van der Waals surface area contributed by atoms with Gasteiger partial charge in [0.15, 0.2) is 11.6 Å². The van der Waals surface area contributed by atoms with Crippen molar-refractivity contribution in [2.24, 2.45) is 0 Å². The number of nitrogens with zero attached hydrogens (tertiary/aromatic N) is 3. The van der Waals surface area contributed by atoms with E-state index in [4.69, 9.17) is 4.98 Å². The van der Waals surface area contributed by atoms with E-state index in [9.17, 15) is 9.50 Å². The molecular formula is C25H25FN4OS. The minimum absolute atomic E-state index is 0.225. The molecule has 0 saturated carbocycles. The summed E-state index contributed by atoms with van der Waals surface area (Å²) in [6, 6.07) is 13.4. The fourth-order valence-corrected chi connectivity index (χ4v) is 5.30. The highest BCUT2D eigenvalue weighted by Gasteiger charge is 2.27. The van der Waals surface area contributed by atoms with Gasteiger partial charge in [-0.15, -0.1) is 11.3 Å². The number of aromatic nitrogens is 2. The Morgan fingerprint density at radius 3 is 2.69 bits per heavy atom. The number of hydrogen-bond acceptors (Lipinski definition) is 6. The molecule has 0 unspecified atom stereocenters. The Morgan fingerprint density at radius 2 is 1.91 bits per heavy atom. The van der Waals surface area contributed by atoms with Gasteiger partial charge in [0, 0.05) is 29.1 Å². The summed E-state index contributed by atoms with van der Waals surface area (Å²) in [5, 5.41) is 16.9. The quantitative estimate of drug-likeness (QED) is 0.436. The molecule has 164 valence electrons. The maximum atomic E-state index is 14.1. The number of thiophene rings is 1. The SMILES string of the molecule is Cc1ccc(-c2csc3ncnc(N(Cc4cccc(F)c4O)C4CCNCC4)c23)cc1. The number of benzene rings is 2. The molecule has 2 aromatic carbocycles. The summed E-state index contributed by atoms with van der Waals surface area (Å²) in [6.07, 6.45) is 3.50. The largest absolute Gasteiger partial charge is 0.505 e. The van der Waals surface area contributed by atoms with E-state index in [1.54, 1.807) is 29.8 Å². The molecule has 0 atom stereocenters. The number of phenols is 1. The van der Waals surface area contributed by atoms with E-state index < -0.39 is 5.82 Å². The van der Waals surface area contributed by atoms with Gasteiger partial charge in [-0.3, -0.25) is 0 Å². The lowest BCUT2D eigenvalue weighted by Gasteiger charge is -2.36. The zero-order valence-corrected chi connectivity index (χ0v) is 18.7. The molecule has 1 aliphatic rings. The maximum absolute atomic E-state index is 14.1. The Labute approximate surface area is 190 Å². The van der Waals surface area contributed by atoms with Gasteiger partial charge in [-0.05, 0) is 44.5 Å². The number of phenolic OH excluding ortho intramolecular Hbond substituents is 1. The molecule has 0 aliphatic carbocycles. The monoisotopic (exact) mass is 448 g/mol. The second-order valence-electron chi connectivity index (χ2n) is 8.25. The molecule has 0 spiro atoms. The Kier molecular flexibility index (Phi) is 5.76. The van der Waals surface area contributed by atoms with Gasteiger partial charge >= 0.3 is 0 Å². The first-order valence-corrected chi connectivity index (χ1v) is 11.7. The third kappa shape index (κ3) is 3.94. The zero-order chi connectivity index (χ0) is 22.1. The minimum Gasteiger partial charge on any atom is -0.505 e. The summed E-state index contributed by atoms with van der Waals surface area (Å²) in [5.74, 6) is -0.0559. The first-order chi connectivity index (χ1) is 15.6.